The van der Waals surface area contributed by atoms with E-state index in [1.165, 1.54) is 5.39 Å². The number of aliphatic imine (C=N–C) groups is 1. The number of amides is 1. The van der Waals surface area contributed by atoms with Crippen molar-refractivity contribution >= 4 is 22.8 Å². The lowest BCUT2D eigenvalue weighted by Crippen LogP contribution is -2.41. The first-order valence-corrected chi connectivity index (χ1v) is 8.63. The van der Waals surface area contributed by atoms with E-state index in [1.807, 2.05) is 19.1 Å². The zero-order valence-electron chi connectivity index (χ0n) is 14.1. The van der Waals surface area contributed by atoms with Crippen molar-refractivity contribution < 1.29 is 4.79 Å². The molecule has 1 aliphatic rings. The molecule has 0 unspecified atom stereocenters. The molecule has 6 heteroatoms. The molecular weight excluding hydrogens is 302 g/mol. The molecular formula is C18H25N5O. The van der Waals surface area contributed by atoms with Crippen LogP contribution in [0.15, 0.2) is 35.3 Å². The number of guanidine groups is 1. The van der Waals surface area contributed by atoms with Gasteiger partial charge in [0.25, 0.3) is 0 Å². The fraction of sp³-hybridized carbons (Fsp3) is 0.444. The largest absolute Gasteiger partial charge is 0.357 e. The van der Waals surface area contributed by atoms with Crippen molar-refractivity contribution in [2.45, 2.75) is 26.3 Å². The van der Waals surface area contributed by atoms with E-state index in [4.69, 9.17) is 0 Å². The number of nitrogens with zero attached hydrogens (tertiary/aromatic N) is 1. The summed E-state index contributed by atoms with van der Waals surface area (Å²) >= 11 is 0. The van der Waals surface area contributed by atoms with Gasteiger partial charge >= 0.3 is 0 Å². The van der Waals surface area contributed by atoms with E-state index in [9.17, 15) is 4.79 Å². The van der Waals surface area contributed by atoms with Crippen molar-refractivity contribution in [1.82, 2.24) is 20.9 Å². The number of para-hydroxylation sites is 1. The standard InChI is InChI=1S/C18H25N5O/c1-2-19-18(21-10-9-20-17(24)13-7-8-13)22-12-15-11-14-5-3-4-6-16(14)23-15/h3-6,11,13,23H,2,7-10,12H2,1H3,(H,20,24)(H2,19,21,22). The van der Waals surface area contributed by atoms with Crippen molar-refractivity contribution in [2.24, 2.45) is 10.9 Å². The molecule has 128 valence electrons. The number of hydrogen-bond donors (Lipinski definition) is 4. The second-order valence-electron chi connectivity index (χ2n) is 6.07. The number of fused-ring (bicyclic) bond motifs is 1. The van der Waals surface area contributed by atoms with Gasteiger partial charge in [-0.05, 0) is 37.3 Å². The van der Waals surface area contributed by atoms with E-state index in [-0.39, 0.29) is 11.8 Å². The van der Waals surface area contributed by atoms with Crippen LogP contribution >= 0.6 is 0 Å². The van der Waals surface area contributed by atoms with Crippen LogP contribution in [-0.2, 0) is 11.3 Å². The number of nitrogens with one attached hydrogen (secondary N) is 4. The Morgan fingerprint density at radius 3 is 2.75 bits per heavy atom. The van der Waals surface area contributed by atoms with Gasteiger partial charge in [-0.25, -0.2) is 4.99 Å². The Morgan fingerprint density at radius 2 is 2.00 bits per heavy atom. The van der Waals surface area contributed by atoms with Gasteiger partial charge in [-0.1, -0.05) is 18.2 Å². The minimum absolute atomic E-state index is 0.178. The normalized spacial score (nSPS) is 14.6. The lowest BCUT2D eigenvalue weighted by atomic mass is 10.2. The number of H-pyrrole nitrogens is 1. The molecule has 3 rings (SSSR count). The second kappa shape index (κ2) is 7.86. The van der Waals surface area contributed by atoms with E-state index in [2.05, 4.69) is 44.1 Å². The topological polar surface area (TPSA) is 81.3 Å². The maximum atomic E-state index is 11.6. The van der Waals surface area contributed by atoms with Crippen LogP contribution in [0.1, 0.15) is 25.5 Å². The molecule has 1 amide bonds. The lowest BCUT2D eigenvalue weighted by molar-refractivity contribution is -0.122. The molecule has 0 bridgehead atoms. The summed E-state index contributed by atoms with van der Waals surface area (Å²) < 4.78 is 0. The third kappa shape index (κ3) is 4.50. The monoisotopic (exact) mass is 327 g/mol. The summed E-state index contributed by atoms with van der Waals surface area (Å²) in [7, 11) is 0. The zero-order valence-corrected chi connectivity index (χ0v) is 14.1. The van der Waals surface area contributed by atoms with E-state index < -0.39 is 0 Å². The Hall–Kier alpha value is -2.50. The number of rotatable bonds is 7. The number of aromatic amines is 1. The average molecular weight is 327 g/mol. The fourth-order valence-corrected chi connectivity index (χ4v) is 2.58. The molecule has 1 heterocycles. The molecule has 2 aromatic rings. The molecule has 0 spiro atoms. The summed E-state index contributed by atoms with van der Waals surface area (Å²) in [5.41, 5.74) is 2.21. The lowest BCUT2D eigenvalue weighted by Gasteiger charge is -2.11. The summed E-state index contributed by atoms with van der Waals surface area (Å²) in [6.45, 7) is 4.70. The first-order chi connectivity index (χ1) is 11.8. The Labute approximate surface area is 142 Å². The van der Waals surface area contributed by atoms with Crippen LogP contribution in [0.4, 0.5) is 0 Å². The molecule has 4 N–H and O–H groups in total. The first kappa shape index (κ1) is 16.4. The van der Waals surface area contributed by atoms with E-state index in [1.54, 1.807) is 0 Å². The van der Waals surface area contributed by atoms with E-state index in [0.29, 0.717) is 19.6 Å². The summed E-state index contributed by atoms with van der Waals surface area (Å²) in [6.07, 6.45) is 2.07. The number of carbonyl (C=O) groups excluding carboxylic acids is 1. The van der Waals surface area contributed by atoms with Gasteiger partial charge in [0.2, 0.25) is 5.91 Å². The van der Waals surface area contributed by atoms with Crippen molar-refractivity contribution in [3.63, 3.8) is 0 Å². The van der Waals surface area contributed by atoms with Gasteiger partial charge in [0.1, 0.15) is 0 Å². The quantitative estimate of drug-likeness (QED) is 0.355. The molecule has 1 saturated carbocycles. The Kier molecular flexibility index (Phi) is 5.36. The van der Waals surface area contributed by atoms with Gasteiger partial charge in [-0.3, -0.25) is 4.79 Å². The van der Waals surface area contributed by atoms with E-state index >= 15 is 0 Å². The highest BCUT2D eigenvalue weighted by Gasteiger charge is 2.28. The smallest absolute Gasteiger partial charge is 0.223 e. The van der Waals surface area contributed by atoms with Crippen molar-refractivity contribution in [3.8, 4) is 0 Å². The van der Waals surface area contributed by atoms with Crippen LogP contribution in [-0.4, -0.2) is 36.5 Å². The van der Waals surface area contributed by atoms with Crippen LogP contribution < -0.4 is 16.0 Å². The second-order valence-corrected chi connectivity index (χ2v) is 6.07. The van der Waals surface area contributed by atoms with Gasteiger partial charge in [0, 0.05) is 36.8 Å². The van der Waals surface area contributed by atoms with Crippen LogP contribution in [0, 0.1) is 5.92 Å². The summed E-state index contributed by atoms with van der Waals surface area (Å²) in [5.74, 6) is 1.20. The summed E-state index contributed by atoms with van der Waals surface area (Å²) in [4.78, 5) is 19.6. The number of aromatic nitrogens is 1. The highest BCUT2D eigenvalue weighted by atomic mass is 16.2. The zero-order chi connectivity index (χ0) is 16.8. The molecule has 6 nitrogen and oxygen atoms in total. The van der Waals surface area contributed by atoms with Gasteiger partial charge in [-0.2, -0.15) is 0 Å². The third-order valence-electron chi connectivity index (χ3n) is 4.00. The van der Waals surface area contributed by atoms with E-state index in [0.717, 1.165) is 36.6 Å². The third-order valence-corrected chi connectivity index (χ3v) is 4.00. The van der Waals surface area contributed by atoms with Gasteiger partial charge in [-0.15, -0.1) is 0 Å². The van der Waals surface area contributed by atoms with Crippen molar-refractivity contribution in [1.29, 1.82) is 0 Å². The highest BCUT2D eigenvalue weighted by Crippen LogP contribution is 2.28. The fourth-order valence-electron chi connectivity index (χ4n) is 2.58. The Morgan fingerprint density at radius 1 is 1.21 bits per heavy atom. The summed E-state index contributed by atoms with van der Waals surface area (Å²) in [5, 5.41) is 10.6. The predicted molar refractivity (Wildman–Crippen MR) is 96.9 cm³/mol. The Bertz CT molecular complexity index is 684. The molecule has 0 saturated heterocycles. The maximum Gasteiger partial charge on any atom is 0.223 e. The predicted octanol–water partition coefficient (Wildman–Crippen LogP) is 1.75. The summed E-state index contributed by atoms with van der Waals surface area (Å²) in [6, 6.07) is 10.3. The van der Waals surface area contributed by atoms with Gasteiger partial charge < -0.3 is 20.9 Å². The molecule has 24 heavy (non-hydrogen) atoms. The molecule has 1 aliphatic carbocycles. The molecule has 0 aliphatic heterocycles. The van der Waals surface area contributed by atoms with Crippen LogP contribution in [0.25, 0.3) is 10.9 Å². The molecule has 1 aromatic carbocycles. The number of hydrogen-bond acceptors (Lipinski definition) is 2. The first-order valence-electron chi connectivity index (χ1n) is 8.63. The molecule has 1 fully saturated rings. The molecule has 0 atom stereocenters. The van der Waals surface area contributed by atoms with Crippen LogP contribution in [0.2, 0.25) is 0 Å². The minimum atomic E-state index is 0.178. The van der Waals surface area contributed by atoms with Crippen LogP contribution in [0.3, 0.4) is 0 Å². The minimum Gasteiger partial charge on any atom is -0.357 e. The van der Waals surface area contributed by atoms with Gasteiger partial charge in [0.15, 0.2) is 5.96 Å². The molecule has 1 aromatic heterocycles. The van der Waals surface area contributed by atoms with Crippen molar-refractivity contribution in [2.75, 3.05) is 19.6 Å². The maximum absolute atomic E-state index is 11.6. The SMILES string of the molecule is CCNC(=NCc1cc2ccccc2[nH]1)NCCNC(=O)C1CC1. The Balaban J connectivity index is 1.49. The van der Waals surface area contributed by atoms with Crippen molar-refractivity contribution in [3.05, 3.63) is 36.0 Å². The highest BCUT2D eigenvalue weighted by molar-refractivity contribution is 5.82. The molecule has 0 radical (unpaired) electrons. The van der Waals surface area contributed by atoms with Gasteiger partial charge in [0.05, 0.1) is 6.54 Å². The van der Waals surface area contributed by atoms with Crippen LogP contribution in [0.5, 0.6) is 0 Å². The average Bonchev–Trinajstić information content (AvgIpc) is 3.35. The number of benzene rings is 1. The number of carbonyl (C=O) groups is 1.